The summed E-state index contributed by atoms with van der Waals surface area (Å²) in [6.45, 7) is 1.32. The fourth-order valence-corrected chi connectivity index (χ4v) is 1.89. The minimum atomic E-state index is -1.20. The molecule has 0 saturated carbocycles. The highest BCUT2D eigenvalue weighted by Crippen LogP contribution is 2.10. The van der Waals surface area contributed by atoms with Gasteiger partial charge in [0.15, 0.2) is 17.6 Å². The number of hydrogen-bond acceptors (Lipinski definition) is 7. The van der Waals surface area contributed by atoms with Gasteiger partial charge < -0.3 is 10.5 Å². The van der Waals surface area contributed by atoms with Crippen LogP contribution in [0, 0.1) is 0 Å². The molecule has 1 atom stereocenters. The molecular weight excluding hydrogens is 350 g/mol. The second-order valence-corrected chi connectivity index (χ2v) is 5.23. The van der Waals surface area contributed by atoms with E-state index in [0.29, 0.717) is 5.02 Å². The Bertz CT molecular complexity index is 814. The van der Waals surface area contributed by atoms with Crippen LogP contribution in [0.2, 0.25) is 5.02 Å². The van der Waals surface area contributed by atoms with Crippen molar-refractivity contribution in [3.63, 3.8) is 0 Å². The molecule has 0 bridgehead atoms. The third kappa shape index (κ3) is 4.88. The minimum Gasteiger partial charge on any atom is -0.448 e. The van der Waals surface area contributed by atoms with E-state index in [9.17, 15) is 14.4 Å². The molecule has 1 aromatic heterocycles. The molecule has 25 heavy (non-hydrogen) atoms. The third-order valence-electron chi connectivity index (χ3n) is 2.96. The standard InChI is InChI=1S/C15H14ClN5O4/c1-8(25-15(24)11-12(17)19-6-5-18-11)13(22)20-21-14(23)9-3-2-4-10(16)7-9/h2-8H,1H3,(H2,17,19)(H,20,22)(H,21,23)/t8-/m0/s1. The van der Waals surface area contributed by atoms with Gasteiger partial charge in [-0.3, -0.25) is 20.4 Å². The Hall–Kier alpha value is -3.20. The lowest BCUT2D eigenvalue weighted by Gasteiger charge is -2.14. The zero-order chi connectivity index (χ0) is 18.4. The average molecular weight is 364 g/mol. The minimum absolute atomic E-state index is 0.116. The van der Waals surface area contributed by atoms with Crippen LogP contribution in [-0.2, 0) is 9.53 Å². The summed E-state index contributed by atoms with van der Waals surface area (Å²) in [5.74, 6) is -2.34. The molecule has 2 aromatic rings. The van der Waals surface area contributed by atoms with Crippen molar-refractivity contribution in [1.82, 2.24) is 20.8 Å². The first-order valence-electron chi connectivity index (χ1n) is 7.01. The number of halogens is 1. The van der Waals surface area contributed by atoms with E-state index in [1.165, 1.54) is 31.5 Å². The van der Waals surface area contributed by atoms with Crippen molar-refractivity contribution in [3.05, 3.63) is 52.9 Å². The number of aromatic nitrogens is 2. The number of carbonyl (C=O) groups is 3. The Labute approximate surface area is 147 Å². The number of amides is 2. The summed E-state index contributed by atoms with van der Waals surface area (Å²) in [6, 6.07) is 6.16. The highest BCUT2D eigenvalue weighted by atomic mass is 35.5. The Morgan fingerprint density at radius 2 is 1.92 bits per heavy atom. The summed E-state index contributed by atoms with van der Waals surface area (Å²) in [6.07, 6.45) is 1.38. The summed E-state index contributed by atoms with van der Waals surface area (Å²) < 4.78 is 4.93. The first-order valence-corrected chi connectivity index (χ1v) is 7.39. The lowest BCUT2D eigenvalue weighted by molar-refractivity contribution is -0.129. The largest absolute Gasteiger partial charge is 0.448 e. The molecule has 0 spiro atoms. The molecule has 130 valence electrons. The number of esters is 1. The van der Waals surface area contributed by atoms with Crippen molar-refractivity contribution >= 4 is 35.2 Å². The third-order valence-corrected chi connectivity index (χ3v) is 3.19. The van der Waals surface area contributed by atoms with Crippen LogP contribution in [-0.4, -0.2) is 33.9 Å². The average Bonchev–Trinajstić information content (AvgIpc) is 2.59. The van der Waals surface area contributed by atoms with E-state index in [1.807, 2.05) is 0 Å². The van der Waals surface area contributed by atoms with Gasteiger partial charge in [0.2, 0.25) is 0 Å². The van der Waals surface area contributed by atoms with Gasteiger partial charge in [-0.1, -0.05) is 17.7 Å². The van der Waals surface area contributed by atoms with Crippen LogP contribution in [0.3, 0.4) is 0 Å². The topological polar surface area (TPSA) is 136 Å². The fourth-order valence-electron chi connectivity index (χ4n) is 1.70. The van der Waals surface area contributed by atoms with Crippen molar-refractivity contribution in [2.75, 3.05) is 5.73 Å². The number of nitrogen functional groups attached to an aromatic ring is 1. The van der Waals surface area contributed by atoms with Crippen LogP contribution in [0.25, 0.3) is 0 Å². The van der Waals surface area contributed by atoms with E-state index in [0.717, 1.165) is 0 Å². The zero-order valence-electron chi connectivity index (χ0n) is 13.0. The van der Waals surface area contributed by atoms with E-state index in [1.54, 1.807) is 12.1 Å². The summed E-state index contributed by atoms with van der Waals surface area (Å²) >= 11 is 5.78. The number of nitrogens with zero attached hydrogens (tertiary/aromatic N) is 2. The predicted molar refractivity (Wildman–Crippen MR) is 88.4 cm³/mol. The van der Waals surface area contributed by atoms with E-state index in [4.69, 9.17) is 22.1 Å². The lowest BCUT2D eigenvalue weighted by atomic mass is 10.2. The number of carbonyl (C=O) groups excluding carboxylic acids is 3. The molecule has 0 aliphatic heterocycles. The summed E-state index contributed by atoms with van der Waals surface area (Å²) in [7, 11) is 0. The van der Waals surface area contributed by atoms with Gasteiger partial charge in [0, 0.05) is 23.0 Å². The normalized spacial score (nSPS) is 11.3. The van der Waals surface area contributed by atoms with Crippen molar-refractivity contribution in [2.45, 2.75) is 13.0 Å². The number of nitrogens with two attached hydrogens (primary N) is 1. The first kappa shape index (κ1) is 18.1. The Kier molecular flexibility index (Phi) is 5.85. The molecular formula is C15H14ClN5O4. The molecule has 0 fully saturated rings. The molecule has 0 aliphatic carbocycles. The van der Waals surface area contributed by atoms with E-state index in [-0.39, 0.29) is 17.1 Å². The van der Waals surface area contributed by atoms with E-state index >= 15 is 0 Å². The second kappa shape index (κ2) is 8.06. The van der Waals surface area contributed by atoms with Gasteiger partial charge in [-0.25, -0.2) is 14.8 Å². The zero-order valence-corrected chi connectivity index (χ0v) is 13.8. The van der Waals surface area contributed by atoms with Crippen LogP contribution in [0.15, 0.2) is 36.7 Å². The molecule has 2 amide bonds. The number of benzene rings is 1. The molecule has 1 aromatic carbocycles. The number of hydrogen-bond donors (Lipinski definition) is 3. The van der Waals surface area contributed by atoms with Crippen molar-refractivity contribution in [1.29, 1.82) is 0 Å². The maximum atomic E-state index is 11.9. The molecule has 0 radical (unpaired) electrons. The highest BCUT2D eigenvalue weighted by molar-refractivity contribution is 6.30. The van der Waals surface area contributed by atoms with Gasteiger partial charge in [0.1, 0.15) is 0 Å². The Morgan fingerprint density at radius 3 is 2.60 bits per heavy atom. The van der Waals surface area contributed by atoms with Gasteiger partial charge in [-0.05, 0) is 25.1 Å². The monoisotopic (exact) mass is 363 g/mol. The quantitative estimate of drug-likeness (QED) is 0.537. The van der Waals surface area contributed by atoms with Gasteiger partial charge in [-0.2, -0.15) is 0 Å². The second-order valence-electron chi connectivity index (χ2n) is 4.79. The van der Waals surface area contributed by atoms with Crippen LogP contribution >= 0.6 is 11.6 Å². The van der Waals surface area contributed by atoms with Crippen molar-refractivity contribution in [2.24, 2.45) is 0 Å². The maximum absolute atomic E-state index is 11.9. The molecule has 0 saturated heterocycles. The number of ether oxygens (including phenoxy) is 1. The van der Waals surface area contributed by atoms with Crippen LogP contribution < -0.4 is 16.6 Å². The van der Waals surface area contributed by atoms with E-state index < -0.39 is 23.9 Å². The van der Waals surface area contributed by atoms with Gasteiger partial charge >= 0.3 is 5.97 Å². The number of nitrogens with one attached hydrogen (secondary N) is 2. The molecule has 0 unspecified atom stereocenters. The lowest BCUT2D eigenvalue weighted by Crippen LogP contribution is -2.46. The van der Waals surface area contributed by atoms with E-state index in [2.05, 4.69) is 20.8 Å². The van der Waals surface area contributed by atoms with Crippen molar-refractivity contribution < 1.29 is 19.1 Å². The van der Waals surface area contributed by atoms with Gasteiger partial charge in [0.25, 0.3) is 11.8 Å². The number of rotatable bonds is 4. The summed E-state index contributed by atoms with van der Waals surface area (Å²) in [5.41, 5.74) is 9.89. The molecule has 2 rings (SSSR count). The Balaban J connectivity index is 1.89. The van der Waals surface area contributed by atoms with Crippen LogP contribution in [0.4, 0.5) is 5.82 Å². The number of anilines is 1. The SMILES string of the molecule is C[C@H](OC(=O)c1nccnc1N)C(=O)NNC(=O)c1cccc(Cl)c1. The smallest absolute Gasteiger partial charge is 0.361 e. The first-order chi connectivity index (χ1) is 11.9. The van der Waals surface area contributed by atoms with Gasteiger partial charge in [0.05, 0.1) is 0 Å². The molecule has 4 N–H and O–H groups in total. The van der Waals surface area contributed by atoms with Crippen LogP contribution in [0.5, 0.6) is 0 Å². The van der Waals surface area contributed by atoms with Gasteiger partial charge in [-0.15, -0.1) is 0 Å². The number of hydrazine groups is 1. The molecule has 9 nitrogen and oxygen atoms in total. The molecule has 1 heterocycles. The molecule has 10 heteroatoms. The Morgan fingerprint density at radius 1 is 1.20 bits per heavy atom. The summed E-state index contributed by atoms with van der Waals surface area (Å²) in [5, 5.41) is 0.378. The summed E-state index contributed by atoms with van der Waals surface area (Å²) in [4.78, 5) is 43.1. The van der Waals surface area contributed by atoms with Crippen molar-refractivity contribution in [3.8, 4) is 0 Å². The maximum Gasteiger partial charge on any atom is 0.361 e. The highest BCUT2D eigenvalue weighted by Gasteiger charge is 2.22. The predicted octanol–water partition coefficient (Wildman–Crippen LogP) is 0.719. The molecule has 0 aliphatic rings. The van der Waals surface area contributed by atoms with Crippen LogP contribution in [0.1, 0.15) is 27.8 Å². The fraction of sp³-hybridized carbons (Fsp3) is 0.133.